The van der Waals surface area contributed by atoms with Gasteiger partial charge >= 0.3 is 5.97 Å². The number of rotatable bonds is 6. The van der Waals surface area contributed by atoms with E-state index >= 15 is 0 Å². The summed E-state index contributed by atoms with van der Waals surface area (Å²) in [6, 6.07) is 8.86. The minimum Gasteiger partial charge on any atom is -0.480 e. The van der Waals surface area contributed by atoms with E-state index in [1.54, 1.807) is 25.1 Å². The van der Waals surface area contributed by atoms with Crippen LogP contribution in [0.3, 0.4) is 0 Å². The maximum absolute atomic E-state index is 10.9. The molecule has 20 heavy (non-hydrogen) atoms. The third-order valence-electron chi connectivity index (χ3n) is 2.90. The van der Waals surface area contributed by atoms with Gasteiger partial charge < -0.3 is 9.52 Å². The highest BCUT2D eigenvalue weighted by molar-refractivity contribution is 7.99. The minimum absolute atomic E-state index is 0.455. The first kappa shape index (κ1) is 14.6. The van der Waals surface area contributed by atoms with Crippen LogP contribution in [0.4, 0.5) is 0 Å². The maximum atomic E-state index is 10.9. The SMILES string of the molecule is CC(C(=O)O)N(C)Cc1ccc(Sc2ccccn2)o1. The molecule has 1 atom stereocenters. The van der Waals surface area contributed by atoms with Gasteiger partial charge in [0.05, 0.1) is 6.54 Å². The number of aliphatic carboxylic acids is 1. The number of carbonyl (C=O) groups is 1. The second-order valence-corrected chi connectivity index (χ2v) is 5.44. The summed E-state index contributed by atoms with van der Waals surface area (Å²) >= 11 is 1.44. The summed E-state index contributed by atoms with van der Waals surface area (Å²) in [7, 11) is 1.76. The van der Waals surface area contributed by atoms with E-state index in [0.29, 0.717) is 6.54 Å². The Balaban J connectivity index is 1.97. The molecule has 0 aliphatic rings. The number of aromatic nitrogens is 1. The molecule has 0 bridgehead atoms. The first-order chi connectivity index (χ1) is 9.56. The van der Waals surface area contributed by atoms with Crippen LogP contribution in [-0.4, -0.2) is 34.0 Å². The van der Waals surface area contributed by atoms with E-state index in [1.807, 2.05) is 30.3 Å². The van der Waals surface area contributed by atoms with Gasteiger partial charge in [-0.1, -0.05) is 6.07 Å². The lowest BCUT2D eigenvalue weighted by atomic mass is 10.3. The van der Waals surface area contributed by atoms with Gasteiger partial charge in [-0.3, -0.25) is 9.69 Å². The molecule has 0 saturated carbocycles. The lowest BCUT2D eigenvalue weighted by Crippen LogP contribution is -2.35. The predicted molar refractivity (Wildman–Crippen MR) is 75.6 cm³/mol. The molecule has 5 nitrogen and oxygen atoms in total. The largest absolute Gasteiger partial charge is 0.480 e. The van der Waals surface area contributed by atoms with Crippen molar-refractivity contribution in [2.75, 3.05) is 7.05 Å². The minimum atomic E-state index is -0.845. The van der Waals surface area contributed by atoms with E-state index in [4.69, 9.17) is 9.52 Å². The first-order valence-electron chi connectivity index (χ1n) is 6.17. The van der Waals surface area contributed by atoms with Crippen LogP contribution in [0, 0.1) is 0 Å². The maximum Gasteiger partial charge on any atom is 0.320 e. The van der Waals surface area contributed by atoms with E-state index in [1.165, 1.54) is 11.8 Å². The van der Waals surface area contributed by atoms with Crippen LogP contribution in [-0.2, 0) is 11.3 Å². The molecule has 106 valence electrons. The smallest absolute Gasteiger partial charge is 0.320 e. The lowest BCUT2D eigenvalue weighted by Gasteiger charge is -2.19. The van der Waals surface area contributed by atoms with Crippen molar-refractivity contribution in [3.8, 4) is 0 Å². The van der Waals surface area contributed by atoms with Crippen molar-refractivity contribution >= 4 is 17.7 Å². The standard InChI is InChI=1S/C14H16N2O3S/c1-10(14(17)18)16(2)9-11-6-7-13(19-11)20-12-5-3-4-8-15-12/h3-8,10H,9H2,1-2H3,(H,17,18). The molecule has 0 aromatic carbocycles. The van der Waals surface area contributed by atoms with Crippen molar-refractivity contribution in [1.29, 1.82) is 0 Å². The fourth-order valence-electron chi connectivity index (χ4n) is 1.58. The second kappa shape index (κ2) is 6.58. The molecule has 0 aliphatic carbocycles. The third kappa shape index (κ3) is 3.85. The van der Waals surface area contributed by atoms with Gasteiger partial charge in [0.1, 0.15) is 16.8 Å². The zero-order chi connectivity index (χ0) is 14.5. The molecule has 1 N–H and O–H groups in total. The molecule has 0 aliphatic heterocycles. The zero-order valence-electron chi connectivity index (χ0n) is 11.3. The van der Waals surface area contributed by atoms with Crippen molar-refractivity contribution in [1.82, 2.24) is 9.88 Å². The van der Waals surface area contributed by atoms with E-state index in [-0.39, 0.29) is 0 Å². The fourth-order valence-corrected chi connectivity index (χ4v) is 2.33. The Labute approximate surface area is 121 Å². The van der Waals surface area contributed by atoms with Crippen LogP contribution in [0.15, 0.2) is 51.1 Å². The van der Waals surface area contributed by atoms with E-state index in [2.05, 4.69) is 4.98 Å². The average Bonchev–Trinajstić information content (AvgIpc) is 2.86. The Morgan fingerprint density at radius 1 is 1.45 bits per heavy atom. The zero-order valence-corrected chi connectivity index (χ0v) is 12.1. The highest BCUT2D eigenvalue weighted by Crippen LogP contribution is 2.27. The molecule has 2 heterocycles. The molecule has 2 aromatic rings. The van der Waals surface area contributed by atoms with Gasteiger partial charge in [0, 0.05) is 6.20 Å². The summed E-state index contributed by atoms with van der Waals surface area (Å²) in [5.41, 5.74) is 0. The second-order valence-electron chi connectivity index (χ2n) is 4.42. The molecule has 0 amide bonds. The van der Waals surface area contributed by atoms with Crippen LogP contribution < -0.4 is 0 Å². The van der Waals surface area contributed by atoms with Crippen molar-refractivity contribution in [2.24, 2.45) is 0 Å². The molecule has 0 spiro atoms. The normalized spacial score (nSPS) is 12.6. The summed E-state index contributed by atoms with van der Waals surface area (Å²) < 4.78 is 5.68. The van der Waals surface area contributed by atoms with Crippen LogP contribution in [0.2, 0.25) is 0 Å². The molecule has 6 heteroatoms. The Kier molecular flexibility index (Phi) is 4.81. The number of likely N-dealkylation sites (N-methyl/N-ethyl adjacent to an activating group) is 1. The highest BCUT2D eigenvalue weighted by Gasteiger charge is 2.18. The predicted octanol–water partition coefficient (Wildman–Crippen LogP) is 2.73. The molecular weight excluding hydrogens is 276 g/mol. The van der Waals surface area contributed by atoms with Gasteiger partial charge in [0.25, 0.3) is 0 Å². The fraction of sp³-hybridized carbons (Fsp3) is 0.286. The average molecular weight is 292 g/mol. The van der Waals surface area contributed by atoms with Gasteiger partial charge in [-0.05, 0) is 50.0 Å². The molecule has 1 unspecified atom stereocenters. The third-order valence-corrected chi connectivity index (χ3v) is 3.77. The van der Waals surface area contributed by atoms with E-state index in [9.17, 15) is 4.79 Å². The number of furan rings is 1. The molecule has 0 radical (unpaired) electrons. The number of carboxylic acid groups (broad SMARTS) is 1. The van der Waals surface area contributed by atoms with Crippen molar-refractivity contribution in [3.63, 3.8) is 0 Å². The monoisotopic (exact) mass is 292 g/mol. The lowest BCUT2D eigenvalue weighted by molar-refractivity contribution is -0.142. The molecule has 2 rings (SSSR count). The molecule has 2 aromatic heterocycles. The molecule has 0 saturated heterocycles. The topological polar surface area (TPSA) is 66.6 Å². The molecular formula is C14H16N2O3S. The summed E-state index contributed by atoms with van der Waals surface area (Å²) in [6.07, 6.45) is 1.73. The summed E-state index contributed by atoms with van der Waals surface area (Å²) in [6.45, 7) is 2.10. The number of nitrogens with zero attached hydrogens (tertiary/aromatic N) is 2. The highest BCUT2D eigenvalue weighted by atomic mass is 32.2. The van der Waals surface area contributed by atoms with Gasteiger partial charge in [-0.25, -0.2) is 4.98 Å². The van der Waals surface area contributed by atoms with Gasteiger partial charge in [0.2, 0.25) is 0 Å². The van der Waals surface area contributed by atoms with Crippen LogP contribution >= 0.6 is 11.8 Å². The van der Waals surface area contributed by atoms with E-state index < -0.39 is 12.0 Å². The van der Waals surface area contributed by atoms with Crippen molar-refractivity contribution in [3.05, 3.63) is 42.3 Å². The summed E-state index contributed by atoms with van der Waals surface area (Å²) in [4.78, 5) is 16.8. The van der Waals surface area contributed by atoms with Crippen LogP contribution in [0.1, 0.15) is 12.7 Å². The summed E-state index contributed by atoms with van der Waals surface area (Å²) in [5.74, 6) is -0.110. The van der Waals surface area contributed by atoms with Gasteiger partial charge in [-0.15, -0.1) is 0 Å². The Morgan fingerprint density at radius 3 is 2.90 bits per heavy atom. The Bertz CT molecular complexity index is 571. The number of pyridine rings is 1. The van der Waals surface area contributed by atoms with Crippen molar-refractivity contribution < 1.29 is 14.3 Å². The number of hydrogen-bond donors (Lipinski definition) is 1. The Morgan fingerprint density at radius 2 is 2.25 bits per heavy atom. The number of hydrogen-bond acceptors (Lipinski definition) is 5. The van der Waals surface area contributed by atoms with E-state index in [0.717, 1.165) is 15.9 Å². The van der Waals surface area contributed by atoms with Gasteiger partial charge in [0.15, 0.2) is 5.09 Å². The van der Waals surface area contributed by atoms with Crippen molar-refractivity contribution in [2.45, 2.75) is 29.6 Å². The van der Waals surface area contributed by atoms with Crippen LogP contribution in [0.5, 0.6) is 0 Å². The first-order valence-corrected chi connectivity index (χ1v) is 6.98. The summed E-state index contributed by atoms with van der Waals surface area (Å²) in [5, 5.41) is 10.6. The number of carboxylic acids is 1. The Hall–Kier alpha value is -1.79. The molecule has 0 fully saturated rings. The van der Waals surface area contributed by atoms with Crippen LogP contribution in [0.25, 0.3) is 0 Å². The quantitative estimate of drug-likeness (QED) is 0.883. The van der Waals surface area contributed by atoms with Gasteiger partial charge in [-0.2, -0.15) is 0 Å².